The van der Waals surface area contributed by atoms with E-state index in [-0.39, 0.29) is 11.8 Å². The molecule has 0 amide bonds. The summed E-state index contributed by atoms with van der Waals surface area (Å²) in [6.07, 6.45) is 4.51. The molecule has 200 valence electrons. The standard InChI is InChI=1S/C31H37N3O4/c1-37-28-17-24-13-16-34(30(23-7-4-3-5-8-23)27(24)18-29(28)38-2)20-22-11-14-33(15-12-22)21-26-10-6-9-25(19-32-36)31(26)35/h3-10,17-19,22,30,35-36H,11-16,20-21H2,1-2H3/b32-19+. The van der Waals surface area contributed by atoms with Crippen molar-refractivity contribution in [3.8, 4) is 17.2 Å². The predicted octanol–water partition coefficient (Wildman–Crippen LogP) is 5.08. The lowest BCUT2D eigenvalue weighted by molar-refractivity contribution is 0.119. The Labute approximate surface area is 224 Å². The Morgan fingerprint density at radius 2 is 1.68 bits per heavy atom. The number of phenols is 1. The number of nitrogens with zero attached hydrogens (tertiary/aromatic N) is 3. The van der Waals surface area contributed by atoms with Crippen molar-refractivity contribution in [3.05, 3.63) is 88.5 Å². The number of para-hydroxylation sites is 1. The third-order valence-corrected chi connectivity index (χ3v) is 8.03. The fraction of sp³-hybridized carbons (Fsp3) is 0.387. The van der Waals surface area contributed by atoms with Crippen molar-refractivity contribution in [2.45, 2.75) is 31.8 Å². The van der Waals surface area contributed by atoms with E-state index in [0.717, 1.165) is 62.5 Å². The van der Waals surface area contributed by atoms with Gasteiger partial charge in [-0.05, 0) is 73.2 Å². The maximum atomic E-state index is 10.6. The van der Waals surface area contributed by atoms with Crippen LogP contribution < -0.4 is 9.47 Å². The number of hydrogen-bond acceptors (Lipinski definition) is 7. The van der Waals surface area contributed by atoms with Crippen molar-refractivity contribution in [1.29, 1.82) is 0 Å². The molecule has 2 heterocycles. The van der Waals surface area contributed by atoms with E-state index in [1.54, 1.807) is 20.3 Å². The van der Waals surface area contributed by atoms with Gasteiger partial charge in [-0.2, -0.15) is 0 Å². The number of oxime groups is 1. The molecular weight excluding hydrogens is 478 g/mol. The predicted molar refractivity (Wildman–Crippen MR) is 149 cm³/mol. The lowest BCUT2D eigenvalue weighted by atomic mass is 9.86. The van der Waals surface area contributed by atoms with E-state index in [1.165, 1.54) is 22.9 Å². The van der Waals surface area contributed by atoms with E-state index >= 15 is 0 Å². The van der Waals surface area contributed by atoms with Crippen LogP contribution in [0, 0.1) is 5.92 Å². The second kappa shape index (κ2) is 11.9. The molecule has 1 fully saturated rings. The first kappa shape index (κ1) is 26.1. The molecule has 0 saturated carbocycles. The van der Waals surface area contributed by atoms with Crippen LogP contribution in [-0.4, -0.2) is 66.7 Å². The van der Waals surface area contributed by atoms with Crippen molar-refractivity contribution in [2.75, 3.05) is 40.4 Å². The molecule has 0 bridgehead atoms. The summed E-state index contributed by atoms with van der Waals surface area (Å²) >= 11 is 0. The Bertz CT molecular complexity index is 1260. The maximum Gasteiger partial charge on any atom is 0.161 e. The molecule has 0 aliphatic carbocycles. The van der Waals surface area contributed by atoms with Gasteiger partial charge in [-0.15, -0.1) is 0 Å². The summed E-state index contributed by atoms with van der Waals surface area (Å²) in [5, 5.41) is 22.5. The Hall–Kier alpha value is -3.55. The van der Waals surface area contributed by atoms with Gasteiger partial charge in [0.1, 0.15) is 5.75 Å². The molecule has 0 spiro atoms. The Kier molecular flexibility index (Phi) is 8.15. The maximum absolute atomic E-state index is 10.6. The molecule has 2 N–H and O–H groups in total. The summed E-state index contributed by atoms with van der Waals surface area (Å²) < 4.78 is 11.3. The topological polar surface area (TPSA) is 77.8 Å². The highest BCUT2D eigenvalue weighted by Crippen LogP contribution is 2.41. The summed E-state index contributed by atoms with van der Waals surface area (Å²) in [5.74, 6) is 2.37. The number of phenolic OH excluding ortho intramolecular Hbond substituents is 1. The first-order valence-corrected chi connectivity index (χ1v) is 13.4. The van der Waals surface area contributed by atoms with Gasteiger partial charge in [-0.25, -0.2) is 0 Å². The van der Waals surface area contributed by atoms with Gasteiger partial charge in [0.25, 0.3) is 0 Å². The summed E-state index contributed by atoms with van der Waals surface area (Å²) in [6.45, 7) is 4.74. The monoisotopic (exact) mass is 515 g/mol. The smallest absolute Gasteiger partial charge is 0.161 e. The zero-order valence-corrected chi connectivity index (χ0v) is 22.2. The van der Waals surface area contributed by atoms with Crippen LogP contribution in [0.25, 0.3) is 0 Å². The lowest BCUT2D eigenvalue weighted by Gasteiger charge is -2.41. The molecule has 7 nitrogen and oxygen atoms in total. The number of aromatic hydroxyl groups is 1. The molecule has 2 aliphatic rings. The minimum atomic E-state index is 0.186. The van der Waals surface area contributed by atoms with Gasteiger partial charge in [0.05, 0.1) is 26.5 Å². The Morgan fingerprint density at radius 3 is 2.39 bits per heavy atom. The highest BCUT2D eigenvalue weighted by Gasteiger charge is 2.32. The Morgan fingerprint density at radius 1 is 0.947 bits per heavy atom. The summed E-state index contributed by atoms with van der Waals surface area (Å²) in [6, 6.07) is 20.9. The van der Waals surface area contributed by atoms with Crippen molar-refractivity contribution in [2.24, 2.45) is 11.1 Å². The third-order valence-electron chi connectivity index (χ3n) is 8.03. The highest BCUT2D eigenvalue weighted by atomic mass is 16.5. The molecule has 1 saturated heterocycles. The number of hydrogen-bond donors (Lipinski definition) is 2. The molecule has 3 aromatic carbocycles. The van der Waals surface area contributed by atoms with E-state index in [0.29, 0.717) is 18.0 Å². The fourth-order valence-corrected chi connectivity index (χ4v) is 6.02. The molecule has 3 aromatic rings. The lowest BCUT2D eigenvalue weighted by Crippen LogP contribution is -2.42. The Balaban J connectivity index is 1.29. The van der Waals surface area contributed by atoms with Gasteiger partial charge < -0.3 is 19.8 Å². The summed E-state index contributed by atoms with van der Waals surface area (Å²) in [4.78, 5) is 5.05. The quantitative estimate of drug-likeness (QED) is 0.248. The minimum absolute atomic E-state index is 0.186. The van der Waals surface area contributed by atoms with Crippen LogP contribution in [0.4, 0.5) is 0 Å². The molecule has 2 aliphatic heterocycles. The van der Waals surface area contributed by atoms with Crippen LogP contribution in [0.2, 0.25) is 0 Å². The molecule has 38 heavy (non-hydrogen) atoms. The van der Waals surface area contributed by atoms with Crippen molar-refractivity contribution >= 4 is 6.21 Å². The van der Waals surface area contributed by atoms with Gasteiger partial charge in [0.2, 0.25) is 0 Å². The second-order valence-electron chi connectivity index (χ2n) is 10.3. The number of piperidine rings is 1. The summed E-state index contributed by atoms with van der Waals surface area (Å²) in [7, 11) is 3.40. The number of likely N-dealkylation sites (tertiary alicyclic amines) is 1. The number of ether oxygens (including phenoxy) is 2. The SMILES string of the molecule is COc1cc2c(cc1OC)C(c1ccccc1)N(CC1CCN(Cc3cccc(/C=N/O)c3O)CC1)CC2. The average Bonchev–Trinajstić information content (AvgIpc) is 2.96. The van der Waals surface area contributed by atoms with Gasteiger partial charge >= 0.3 is 0 Å². The molecule has 1 unspecified atom stereocenters. The van der Waals surface area contributed by atoms with Gasteiger partial charge in [0, 0.05) is 30.8 Å². The number of rotatable bonds is 8. The zero-order chi connectivity index (χ0) is 26.5. The van der Waals surface area contributed by atoms with Crippen LogP contribution >= 0.6 is 0 Å². The molecule has 1 atom stereocenters. The number of benzene rings is 3. The van der Waals surface area contributed by atoms with Crippen molar-refractivity contribution < 1.29 is 19.8 Å². The van der Waals surface area contributed by atoms with Crippen molar-refractivity contribution in [1.82, 2.24) is 9.80 Å². The van der Waals surface area contributed by atoms with Gasteiger partial charge in [-0.1, -0.05) is 47.6 Å². The minimum Gasteiger partial charge on any atom is -0.507 e. The first-order valence-electron chi connectivity index (χ1n) is 13.4. The largest absolute Gasteiger partial charge is 0.507 e. The van der Waals surface area contributed by atoms with Crippen molar-refractivity contribution in [3.63, 3.8) is 0 Å². The van der Waals surface area contributed by atoms with E-state index in [2.05, 4.69) is 57.4 Å². The van der Waals surface area contributed by atoms with E-state index in [4.69, 9.17) is 14.7 Å². The molecule has 5 rings (SSSR count). The van der Waals surface area contributed by atoms with Gasteiger partial charge in [0.15, 0.2) is 11.5 Å². The molecule has 0 radical (unpaired) electrons. The van der Waals surface area contributed by atoms with Crippen LogP contribution in [0.3, 0.4) is 0 Å². The van der Waals surface area contributed by atoms with E-state index in [9.17, 15) is 5.11 Å². The normalized spacial score (nSPS) is 18.9. The number of methoxy groups -OCH3 is 2. The zero-order valence-electron chi connectivity index (χ0n) is 22.2. The molecular formula is C31H37N3O4. The number of fused-ring (bicyclic) bond motifs is 1. The molecule has 7 heteroatoms. The van der Waals surface area contributed by atoms with Crippen LogP contribution in [0.1, 0.15) is 46.7 Å². The average molecular weight is 516 g/mol. The second-order valence-corrected chi connectivity index (χ2v) is 10.3. The van der Waals surface area contributed by atoms with Crippen LogP contribution in [-0.2, 0) is 13.0 Å². The first-order chi connectivity index (χ1) is 18.6. The summed E-state index contributed by atoms with van der Waals surface area (Å²) in [5.41, 5.74) is 5.34. The van der Waals surface area contributed by atoms with Crippen LogP contribution in [0.15, 0.2) is 65.8 Å². The third kappa shape index (κ3) is 5.49. The van der Waals surface area contributed by atoms with E-state index < -0.39 is 0 Å². The van der Waals surface area contributed by atoms with Gasteiger partial charge in [-0.3, -0.25) is 9.80 Å². The molecule has 0 aromatic heterocycles. The fourth-order valence-electron chi connectivity index (χ4n) is 6.02. The highest BCUT2D eigenvalue weighted by molar-refractivity contribution is 5.83. The van der Waals surface area contributed by atoms with Crippen LogP contribution in [0.5, 0.6) is 17.2 Å². The van der Waals surface area contributed by atoms with E-state index in [1.807, 2.05) is 12.1 Å².